The van der Waals surface area contributed by atoms with Crippen molar-refractivity contribution in [2.75, 3.05) is 46.0 Å². The predicted octanol–water partition coefficient (Wildman–Crippen LogP) is 2.21. The Morgan fingerprint density at radius 3 is 2.75 bits per heavy atom. The van der Waals surface area contributed by atoms with Crippen molar-refractivity contribution < 1.29 is 14.3 Å². The van der Waals surface area contributed by atoms with E-state index in [4.69, 9.17) is 21.1 Å². The van der Waals surface area contributed by atoms with Gasteiger partial charge in [-0.2, -0.15) is 0 Å². The molecule has 1 heterocycles. The minimum Gasteiger partial charge on any atom is -0.379 e. The van der Waals surface area contributed by atoms with Crippen LogP contribution >= 0.6 is 11.6 Å². The van der Waals surface area contributed by atoms with Gasteiger partial charge in [0, 0.05) is 50.0 Å². The zero-order chi connectivity index (χ0) is 20.0. The average molecular weight is 411 g/mol. The van der Waals surface area contributed by atoms with Crippen molar-refractivity contribution in [3.63, 3.8) is 0 Å². The first-order chi connectivity index (χ1) is 13.7. The number of rotatable bonds is 11. The molecule has 0 aromatic heterocycles. The number of carbonyl (C=O) groups excluding carboxylic acids is 1. The number of guanidine groups is 1. The third-order valence-electron chi connectivity index (χ3n) is 4.20. The molecule has 1 amide bonds. The van der Waals surface area contributed by atoms with Crippen LogP contribution in [0.1, 0.15) is 36.5 Å². The first-order valence-corrected chi connectivity index (χ1v) is 10.3. The molecule has 3 N–H and O–H groups in total. The van der Waals surface area contributed by atoms with Gasteiger partial charge in [-0.15, -0.1) is 0 Å². The topological polar surface area (TPSA) is 84.0 Å². The van der Waals surface area contributed by atoms with Crippen LogP contribution in [0.15, 0.2) is 29.3 Å². The molecule has 156 valence electrons. The van der Waals surface area contributed by atoms with Crippen molar-refractivity contribution in [2.45, 2.75) is 32.3 Å². The van der Waals surface area contributed by atoms with Gasteiger partial charge in [-0.05, 0) is 50.5 Å². The van der Waals surface area contributed by atoms with E-state index in [1.165, 1.54) is 0 Å². The van der Waals surface area contributed by atoms with Crippen molar-refractivity contribution in [1.29, 1.82) is 0 Å². The Bertz CT molecular complexity index is 604. The van der Waals surface area contributed by atoms with Gasteiger partial charge < -0.3 is 25.4 Å². The van der Waals surface area contributed by atoms with Crippen molar-refractivity contribution in [2.24, 2.45) is 4.99 Å². The van der Waals surface area contributed by atoms with Gasteiger partial charge in [0.25, 0.3) is 5.91 Å². The van der Waals surface area contributed by atoms with Gasteiger partial charge in [-0.25, -0.2) is 0 Å². The lowest BCUT2D eigenvalue weighted by Crippen LogP contribution is -2.41. The minimum absolute atomic E-state index is 0.121. The number of carbonyl (C=O) groups is 1. The Balaban J connectivity index is 1.58. The molecule has 7 nitrogen and oxygen atoms in total. The van der Waals surface area contributed by atoms with Crippen LogP contribution in [0, 0.1) is 0 Å². The number of amides is 1. The highest BCUT2D eigenvalue weighted by atomic mass is 35.5. The third-order valence-corrected chi connectivity index (χ3v) is 4.45. The number of benzene rings is 1. The number of hydrogen-bond acceptors (Lipinski definition) is 4. The van der Waals surface area contributed by atoms with Crippen LogP contribution in [0.2, 0.25) is 5.02 Å². The van der Waals surface area contributed by atoms with Crippen LogP contribution in [0.3, 0.4) is 0 Å². The van der Waals surface area contributed by atoms with E-state index < -0.39 is 0 Å². The molecule has 2 rings (SSSR count). The number of nitrogens with one attached hydrogen (secondary N) is 3. The molecule has 0 spiro atoms. The van der Waals surface area contributed by atoms with Crippen molar-refractivity contribution in [3.8, 4) is 0 Å². The normalized spacial score (nSPS) is 16.8. The van der Waals surface area contributed by atoms with E-state index in [9.17, 15) is 4.79 Å². The summed E-state index contributed by atoms with van der Waals surface area (Å²) in [7, 11) is 0. The zero-order valence-electron chi connectivity index (χ0n) is 16.5. The summed E-state index contributed by atoms with van der Waals surface area (Å²) in [4.78, 5) is 16.6. The summed E-state index contributed by atoms with van der Waals surface area (Å²) in [5.74, 6) is 0.617. The van der Waals surface area contributed by atoms with Gasteiger partial charge in [-0.1, -0.05) is 11.6 Å². The van der Waals surface area contributed by atoms with E-state index in [1.807, 2.05) is 6.92 Å². The Morgan fingerprint density at radius 2 is 2.04 bits per heavy atom. The summed E-state index contributed by atoms with van der Waals surface area (Å²) >= 11 is 5.83. The Kier molecular flexibility index (Phi) is 10.7. The molecular formula is C20H31ClN4O3. The molecule has 0 saturated carbocycles. The number of ether oxygens (including phenoxy) is 2. The summed E-state index contributed by atoms with van der Waals surface area (Å²) < 4.78 is 11.2. The molecule has 1 aliphatic rings. The van der Waals surface area contributed by atoms with Crippen molar-refractivity contribution in [3.05, 3.63) is 34.9 Å². The predicted molar refractivity (Wildman–Crippen MR) is 112 cm³/mol. The molecule has 1 fully saturated rings. The maximum absolute atomic E-state index is 12.0. The summed E-state index contributed by atoms with van der Waals surface area (Å²) in [5, 5.41) is 9.89. The zero-order valence-corrected chi connectivity index (χ0v) is 17.3. The lowest BCUT2D eigenvalue weighted by atomic mass is 10.2. The van der Waals surface area contributed by atoms with Gasteiger partial charge in [0.05, 0.1) is 12.7 Å². The molecule has 28 heavy (non-hydrogen) atoms. The van der Waals surface area contributed by atoms with E-state index >= 15 is 0 Å². The fraction of sp³-hybridized carbons (Fsp3) is 0.600. The van der Waals surface area contributed by atoms with Gasteiger partial charge >= 0.3 is 0 Å². The lowest BCUT2D eigenvalue weighted by Gasteiger charge is -2.12. The SMILES string of the molecule is CCNC(=NCCCOCC1CCCO1)NCCNC(=O)c1ccc(Cl)cc1. The Labute approximate surface area is 172 Å². The molecule has 1 atom stereocenters. The first-order valence-electron chi connectivity index (χ1n) is 9.94. The van der Waals surface area contributed by atoms with Crippen LogP contribution in [0.25, 0.3) is 0 Å². The smallest absolute Gasteiger partial charge is 0.251 e. The molecular weight excluding hydrogens is 380 g/mol. The Hall–Kier alpha value is -1.83. The lowest BCUT2D eigenvalue weighted by molar-refractivity contribution is 0.0171. The second kappa shape index (κ2) is 13.4. The van der Waals surface area contributed by atoms with E-state index in [-0.39, 0.29) is 12.0 Å². The highest BCUT2D eigenvalue weighted by molar-refractivity contribution is 6.30. The number of halogens is 1. The summed E-state index contributed by atoms with van der Waals surface area (Å²) in [6, 6.07) is 6.82. The fourth-order valence-electron chi connectivity index (χ4n) is 2.75. The van der Waals surface area contributed by atoms with E-state index in [1.54, 1.807) is 24.3 Å². The quantitative estimate of drug-likeness (QED) is 0.296. The molecule has 0 bridgehead atoms. The summed E-state index contributed by atoms with van der Waals surface area (Å²) in [6.45, 7) is 6.77. The fourth-order valence-corrected chi connectivity index (χ4v) is 2.88. The molecule has 8 heteroatoms. The largest absolute Gasteiger partial charge is 0.379 e. The van der Waals surface area contributed by atoms with Crippen molar-refractivity contribution in [1.82, 2.24) is 16.0 Å². The molecule has 0 aliphatic carbocycles. The highest BCUT2D eigenvalue weighted by Crippen LogP contribution is 2.12. The first kappa shape index (κ1) is 22.5. The molecule has 1 aromatic carbocycles. The van der Waals surface area contributed by atoms with Gasteiger partial charge in [-0.3, -0.25) is 9.79 Å². The van der Waals surface area contributed by atoms with E-state index in [2.05, 4.69) is 20.9 Å². The highest BCUT2D eigenvalue weighted by Gasteiger charge is 2.14. The number of nitrogens with zero attached hydrogens (tertiary/aromatic N) is 1. The van der Waals surface area contributed by atoms with Gasteiger partial charge in [0.1, 0.15) is 0 Å². The summed E-state index contributed by atoms with van der Waals surface area (Å²) in [5.41, 5.74) is 0.591. The minimum atomic E-state index is -0.121. The maximum Gasteiger partial charge on any atom is 0.251 e. The van der Waals surface area contributed by atoms with E-state index in [0.717, 1.165) is 38.4 Å². The second-order valence-electron chi connectivity index (χ2n) is 6.51. The Morgan fingerprint density at radius 1 is 1.25 bits per heavy atom. The van der Waals surface area contributed by atoms with Crippen LogP contribution in [-0.4, -0.2) is 64.0 Å². The molecule has 1 unspecified atom stereocenters. The number of aliphatic imine (C=N–C) groups is 1. The molecule has 1 saturated heterocycles. The standard InChI is InChI=1S/C20H31ClN4O3/c1-2-22-20(24-10-4-13-27-15-18-5-3-14-28-18)25-12-11-23-19(26)16-6-8-17(21)9-7-16/h6-9,18H,2-5,10-15H2,1H3,(H,23,26)(H2,22,24,25). The monoisotopic (exact) mass is 410 g/mol. The van der Waals surface area contributed by atoms with Crippen molar-refractivity contribution >= 4 is 23.5 Å². The van der Waals surface area contributed by atoms with Crippen LogP contribution in [0.5, 0.6) is 0 Å². The van der Waals surface area contributed by atoms with Crippen LogP contribution in [0.4, 0.5) is 0 Å². The van der Waals surface area contributed by atoms with Crippen LogP contribution in [-0.2, 0) is 9.47 Å². The third kappa shape index (κ3) is 8.91. The van der Waals surface area contributed by atoms with Gasteiger partial charge in [0.2, 0.25) is 0 Å². The number of hydrogen-bond donors (Lipinski definition) is 3. The van der Waals surface area contributed by atoms with Crippen LogP contribution < -0.4 is 16.0 Å². The van der Waals surface area contributed by atoms with Gasteiger partial charge in [0.15, 0.2) is 5.96 Å². The summed E-state index contributed by atoms with van der Waals surface area (Å²) in [6.07, 6.45) is 3.36. The average Bonchev–Trinajstić information content (AvgIpc) is 3.21. The maximum atomic E-state index is 12.0. The molecule has 1 aliphatic heterocycles. The second-order valence-corrected chi connectivity index (χ2v) is 6.95. The molecule has 0 radical (unpaired) electrons. The van der Waals surface area contributed by atoms with E-state index in [0.29, 0.717) is 43.4 Å². The molecule has 1 aromatic rings.